The van der Waals surface area contributed by atoms with Crippen molar-refractivity contribution in [2.45, 2.75) is 26.9 Å². The Kier molecular flexibility index (Phi) is 4.48. The van der Waals surface area contributed by atoms with Crippen LogP contribution >= 0.6 is 0 Å². The predicted molar refractivity (Wildman–Crippen MR) is 88.6 cm³/mol. The third-order valence-corrected chi connectivity index (χ3v) is 3.54. The second-order valence-corrected chi connectivity index (χ2v) is 5.89. The number of rotatable bonds is 5. The van der Waals surface area contributed by atoms with E-state index in [4.69, 9.17) is 4.52 Å². The summed E-state index contributed by atoms with van der Waals surface area (Å²) in [5, 5.41) is 3.90. The number of hydrogen-bond acceptors (Lipinski definition) is 5. The minimum Gasteiger partial charge on any atom is -0.360 e. The van der Waals surface area contributed by atoms with Gasteiger partial charge in [0.2, 0.25) is 0 Å². The molecule has 0 N–H and O–H groups in total. The molecule has 0 unspecified atom stereocenters. The van der Waals surface area contributed by atoms with E-state index in [2.05, 4.69) is 39.1 Å². The summed E-state index contributed by atoms with van der Waals surface area (Å²) in [7, 11) is 2.03. The van der Waals surface area contributed by atoms with Crippen molar-refractivity contribution in [3.05, 3.63) is 65.3 Å². The molecule has 0 saturated heterocycles. The molecule has 0 fully saturated rings. The molecule has 2 aromatic heterocycles. The Bertz CT molecular complexity index is 780. The second-order valence-electron chi connectivity index (χ2n) is 5.89. The van der Waals surface area contributed by atoms with Gasteiger partial charge in [0, 0.05) is 36.1 Å². The minimum atomic E-state index is 0.709. The van der Waals surface area contributed by atoms with Gasteiger partial charge in [0.15, 0.2) is 11.6 Å². The van der Waals surface area contributed by atoms with Gasteiger partial charge in [0.1, 0.15) is 0 Å². The van der Waals surface area contributed by atoms with Gasteiger partial charge in [-0.3, -0.25) is 4.90 Å². The molecule has 118 valence electrons. The largest absolute Gasteiger partial charge is 0.360 e. The Morgan fingerprint density at radius 1 is 1.04 bits per heavy atom. The molecule has 5 heteroatoms. The van der Waals surface area contributed by atoms with Crippen molar-refractivity contribution in [2.24, 2.45) is 0 Å². The summed E-state index contributed by atoms with van der Waals surface area (Å²) in [5.41, 5.74) is 4.22. The molecule has 1 aromatic carbocycles. The lowest BCUT2D eigenvalue weighted by Gasteiger charge is -2.14. The maximum absolute atomic E-state index is 5.24. The predicted octanol–water partition coefficient (Wildman–Crippen LogP) is 3.38. The molecule has 0 aliphatic heterocycles. The van der Waals surface area contributed by atoms with Crippen LogP contribution in [0.3, 0.4) is 0 Å². The third-order valence-electron chi connectivity index (χ3n) is 3.54. The molecular formula is C18H20N4O. The molecule has 23 heavy (non-hydrogen) atoms. The third kappa shape index (κ3) is 4.02. The number of hydrogen-bond donors (Lipinski definition) is 0. The Labute approximate surface area is 136 Å². The van der Waals surface area contributed by atoms with Crippen LogP contribution in [-0.4, -0.2) is 27.1 Å². The van der Waals surface area contributed by atoms with Crippen molar-refractivity contribution in [1.82, 2.24) is 20.0 Å². The van der Waals surface area contributed by atoms with Crippen molar-refractivity contribution in [3.8, 4) is 11.4 Å². The van der Waals surface area contributed by atoms with E-state index >= 15 is 0 Å². The van der Waals surface area contributed by atoms with Crippen molar-refractivity contribution >= 4 is 0 Å². The first-order valence-electron chi connectivity index (χ1n) is 7.59. The summed E-state index contributed by atoms with van der Waals surface area (Å²) >= 11 is 0. The lowest BCUT2D eigenvalue weighted by molar-refractivity contribution is 0.265. The normalized spacial score (nSPS) is 11.1. The van der Waals surface area contributed by atoms with E-state index in [9.17, 15) is 0 Å². The molecule has 0 bridgehead atoms. The van der Waals surface area contributed by atoms with Gasteiger partial charge in [-0.25, -0.2) is 9.97 Å². The van der Waals surface area contributed by atoms with Crippen LogP contribution in [0.4, 0.5) is 0 Å². The highest BCUT2D eigenvalue weighted by Crippen LogP contribution is 2.16. The molecule has 0 saturated carbocycles. The SMILES string of the molecule is Cc1cccc(-c2ncc(CN(C)Cc3cc(C)no3)cn2)c1. The van der Waals surface area contributed by atoms with E-state index in [1.807, 2.05) is 44.6 Å². The fraction of sp³-hybridized carbons (Fsp3) is 0.278. The molecule has 3 rings (SSSR count). The Morgan fingerprint density at radius 2 is 1.83 bits per heavy atom. The highest BCUT2D eigenvalue weighted by Gasteiger charge is 2.07. The highest BCUT2D eigenvalue weighted by molar-refractivity contribution is 5.55. The summed E-state index contributed by atoms with van der Waals surface area (Å²) in [6, 6.07) is 10.2. The van der Waals surface area contributed by atoms with Gasteiger partial charge in [0.25, 0.3) is 0 Å². The zero-order valence-electron chi connectivity index (χ0n) is 13.7. The van der Waals surface area contributed by atoms with Gasteiger partial charge in [-0.2, -0.15) is 0 Å². The van der Waals surface area contributed by atoms with E-state index < -0.39 is 0 Å². The van der Waals surface area contributed by atoms with Crippen LogP contribution in [-0.2, 0) is 13.1 Å². The smallest absolute Gasteiger partial charge is 0.159 e. The van der Waals surface area contributed by atoms with Crippen molar-refractivity contribution < 1.29 is 4.52 Å². The standard InChI is InChI=1S/C18H20N4O/c1-13-5-4-6-16(7-13)18-19-9-15(10-20-18)11-22(3)12-17-8-14(2)21-23-17/h4-10H,11-12H2,1-3H3. The Hall–Kier alpha value is -2.53. The molecular weight excluding hydrogens is 288 g/mol. The first kappa shape index (κ1) is 15.4. The first-order chi connectivity index (χ1) is 11.1. The zero-order valence-corrected chi connectivity index (χ0v) is 13.7. The molecule has 2 heterocycles. The summed E-state index contributed by atoms with van der Waals surface area (Å²) in [6.45, 7) is 5.46. The molecule has 0 atom stereocenters. The second kappa shape index (κ2) is 6.71. The lowest BCUT2D eigenvalue weighted by atomic mass is 10.1. The molecule has 0 radical (unpaired) electrons. The monoisotopic (exact) mass is 308 g/mol. The lowest BCUT2D eigenvalue weighted by Crippen LogP contribution is -2.17. The number of benzene rings is 1. The zero-order chi connectivity index (χ0) is 16.2. The van der Waals surface area contributed by atoms with Crippen LogP contribution in [0.1, 0.15) is 22.6 Å². The molecule has 0 amide bonds. The van der Waals surface area contributed by atoms with E-state index in [1.54, 1.807) is 0 Å². The van der Waals surface area contributed by atoms with Gasteiger partial charge >= 0.3 is 0 Å². The number of aromatic nitrogens is 3. The van der Waals surface area contributed by atoms with E-state index in [0.717, 1.165) is 35.0 Å². The maximum atomic E-state index is 5.24. The van der Waals surface area contributed by atoms with Crippen LogP contribution in [0.25, 0.3) is 11.4 Å². The fourth-order valence-corrected chi connectivity index (χ4v) is 2.49. The van der Waals surface area contributed by atoms with Crippen LogP contribution in [0, 0.1) is 13.8 Å². The Morgan fingerprint density at radius 3 is 2.48 bits per heavy atom. The van der Waals surface area contributed by atoms with E-state index in [1.165, 1.54) is 5.56 Å². The van der Waals surface area contributed by atoms with Crippen molar-refractivity contribution in [3.63, 3.8) is 0 Å². The highest BCUT2D eigenvalue weighted by atomic mass is 16.5. The number of aryl methyl sites for hydroxylation is 2. The van der Waals surface area contributed by atoms with Gasteiger partial charge in [-0.1, -0.05) is 28.9 Å². The maximum Gasteiger partial charge on any atom is 0.159 e. The van der Waals surface area contributed by atoms with Crippen molar-refractivity contribution in [1.29, 1.82) is 0 Å². The summed E-state index contributed by atoms with van der Waals surface area (Å²) in [5.74, 6) is 1.62. The molecule has 3 aromatic rings. The summed E-state index contributed by atoms with van der Waals surface area (Å²) in [4.78, 5) is 11.1. The molecule has 0 aliphatic carbocycles. The minimum absolute atomic E-state index is 0.709. The van der Waals surface area contributed by atoms with Crippen molar-refractivity contribution in [2.75, 3.05) is 7.05 Å². The molecule has 0 aliphatic rings. The molecule has 0 spiro atoms. The summed E-state index contributed by atoms with van der Waals surface area (Å²) in [6.07, 6.45) is 3.76. The Balaban J connectivity index is 1.65. The van der Waals surface area contributed by atoms with Gasteiger partial charge in [-0.15, -0.1) is 0 Å². The van der Waals surface area contributed by atoms with Gasteiger partial charge in [0.05, 0.1) is 12.2 Å². The quantitative estimate of drug-likeness (QED) is 0.723. The topological polar surface area (TPSA) is 55.1 Å². The van der Waals surface area contributed by atoms with Crippen LogP contribution in [0.5, 0.6) is 0 Å². The van der Waals surface area contributed by atoms with Gasteiger partial charge in [-0.05, 0) is 27.0 Å². The summed E-state index contributed by atoms with van der Waals surface area (Å²) < 4.78 is 5.24. The van der Waals surface area contributed by atoms with Crippen LogP contribution in [0.15, 0.2) is 47.2 Å². The van der Waals surface area contributed by atoms with Gasteiger partial charge < -0.3 is 4.52 Å². The fourth-order valence-electron chi connectivity index (χ4n) is 2.49. The van der Waals surface area contributed by atoms with Crippen LogP contribution in [0.2, 0.25) is 0 Å². The average molecular weight is 308 g/mol. The average Bonchev–Trinajstić information content (AvgIpc) is 2.93. The van der Waals surface area contributed by atoms with E-state index in [0.29, 0.717) is 6.54 Å². The van der Waals surface area contributed by atoms with E-state index in [-0.39, 0.29) is 0 Å². The first-order valence-corrected chi connectivity index (χ1v) is 7.59. The number of nitrogens with zero attached hydrogens (tertiary/aromatic N) is 4. The van der Waals surface area contributed by atoms with Crippen LogP contribution < -0.4 is 0 Å². The molecule has 5 nitrogen and oxygen atoms in total.